The minimum Gasteiger partial charge on any atom is -0.744 e. The predicted octanol–water partition coefficient (Wildman–Crippen LogP) is -6.17. The molecule has 0 aliphatic carbocycles. The molecule has 5 aromatic carbocycles. The van der Waals surface area contributed by atoms with E-state index in [4.69, 9.17) is 10.3 Å². The molecule has 17 nitrogen and oxygen atoms in total. The van der Waals surface area contributed by atoms with E-state index in [1.165, 1.54) is 42.5 Å². The van der Waals surface area contributed by atoms with Crippen LogP contribution in [0.5, 0.6) is 5.75 Å². The Morgan fingerprint density at radius 3 is 1.92 bits per heavy atom. The van der Waals surface area contributed by atoms with Crippen molar-refractivity contribution in [3.63, 3.8) is 0 Å². The zero-order valence-corrected chi connectivity index (χ0v) is 34.8. The number of carbonyl (C=O) groups excluding carboxylic acids is 2. The van der Waals surface area contributed by atoms with Crippen LogP contribution in [0.15, 0.2) is 80.5 Å². The van der Waals surface area contributed by atoms with Gasteiger partial charge in [0.1, 0.15) is 15.9 Å². The fraction of sp³-hybridized carbons (Fsp3) is 0.111. The maximum atomic E-state index is 12.6. The first-order valence-corrected chi connectivity index (χ1v) is 15.9. The number of benzene rings is 5. The minimum absolute atomic E-state index is 0. The third-order valence-corrected chi connectivity index (χ3v) is 8.86. The van der Waals surface area contributed by atoms with Crippen molar-refractivity contribution in [1.82, 2.24) is 10.6 Å². The van der Waals surface area contributed by atoms with Crippen LogP contribution in [0.25, 0.3) is 42.8 Å². The molecule has 0 unspecified atom stereocenters. The molecule has 0 aliphatic heterocycles. The summed E-state index contributed by atoms with van der Waals surface area (Å²) in [6.07, 6.45) is 0. The monoisotopic (exact) mass is 769 g/mol. The Kier molecular flexibility index (Phi) is 18.5. The topological polar surface area (TPSA) is 256 Å². The molecule has 5 aromatic rings. The molecule has 244 valence electrons. The summed E-state index contributed by atoms with van der Waals surface area (Å²) in [5, 5.41) is 38.7. The van der Waals surface area contributed by atoms with Gasteiger partial charge >= 0.3 is 88.7 Å². The standard InChI is InChI=1S/C27H21N5O12S3.3Na/c28-32-31-15-3-1-14(2-4-15)27(34)30-10-9-29-24(33)13-40-20-11-21(45-43-41-35)17-6-7-18-22(46-44-42-36)12-23(47(37,38)39)19-8-5-16(20)25(17)26(18)19;;;/h1-8,11-12,35-36H,9-10,13H2,(H,29,33)(H,30,34)(H,37,38,39);;;/q;3*+1/p-3. The van der Waals surface area contributed by atoms with Crippen molar-refractivity contribution < 1.29 is 145 Å². The number of amides is 2. The summed E-state index contributed by atoms with van der Waals surface area (Å²) in [5.41, 5.74) is 9.15. The molecule has 0 bridgehead atoms. The van der Waals surface area contributed by atoms with Gasteiger partial charge in [-0.2, -0.15) is 8.67 Å². The van der Waals surface area contributed by atoms with Crippen molar-refractivity contribution in [1.29, 1.82) is 0 Å². The number of nitrogens with zero attached hydrogens (tertiary/aromatic N) is 3. The molecule has 5 rings (SSSR count). The van der Waals surface area contributed by atoms with Crippen LogP contribution in [0.1, 0.15) is 10.4 Å². The molecule has 50 heavy (non-hydrogen) atoms. The van der Waals surface area contributed by atoms with E-state index in [2.05, 4.69) is 39.4 Å². The number of ether oxygens (including phenoxy) is 1. The van der Waals surface area contributed by atoms with Crippen molar-refractivity contribution in [2.24, 2.45) is 5.11 Å². The molecule has 0 aromatic heterocycles. The molecule has 2 amide bonds. The number of nitrogens with one attached hydrogen (secondary N) is 2. The van der Waals surface area contributed by atoms with Gasteiger partial charge in [-0.1, -0.05) is 35.4 Å². The third kappa shape index (κ3) is 10.6. The second-order valence-electron chi connectivity index (χ2n) is 9.34. The van der Waals surface area contributed by atoms with E-state index in [1.54, 1.807) is 12.1 Å². The summed E-state index contributed by atoms with van der Waals surface area (Å²) in [6, 6.07) is 14.6. The smallest absolute Gasteiger partial charge is 0.744 e. The molecular formula is C27H18N5Na3O12S3. The zero-order chi connectivity index (χ0) is 33.6. The molecule has 0 fully saturated rings. The Morgan fingerprint density at radius 1 is 0.800 bits per heavy atom. The molecule has 0 heterocycles. The Balaban J connectivity index is 0.00000289. The Hall–Kier alpha value is -1.44. The molecular weight excluding hydrogens is 751 g/mol. The number of hydrogen-bond acceptors (Lipinski definition) is 15. The van der Waals surface area contributed by atoms with Gasteiger partial charge in [-0.3, -0.25) is 19.7 Å². The molecule has 0 atom stereocenters. The number of rotatable bonds is 15. The second-order valence-corrected chi connectivity index (χ2v) is 12.2. The number of hydrogen-bond donors (Lipinski definition) is 2. The van der Waals surface area contributed by atoms with Gasteiger partial charge in [0, 0.05) is 50.3 Å². The summed E-state index contributed by atoms with van der Waals surface area (Å²) in [6.45, 7) is -0.347. The van der Waals surface area contributed by atoms with Crippen LogP contribution in [-0.2, 0) is 33.7 Å². The Labute approximate surface area is 357 Å². The summed E-state index contributed by atoms with van der Waals surface area (Å²) < 4.78 is 51.5. The van der Waals surface area contributed by atoms with Gasteiger partial charge in [0.25, 0.3) is 11.8 Å². The van der Waals surface area contributed by atoms with Gasteiger partial charge < -0.3 is 30.4 Å². The summed E-state index contributed by atoms with van der Waals surface area (Å²) in [4.78, 5) is 27.4. The average Bonchev–Trinajstić information content (AvgIpc) is 3.06. The van der Waals surface area contributed by atoms with Crippen molar-refractivity contribution in [2.45, 2.75) is 14.7 Å². The quantitative estimate of drug-likeness (QED) is 0.00961. The number of azide groups is 1. The first kappa shape index (κ1) is 44.7. The Morgan fingerprint density at radius 2 is 1.34 bits per heavy atom. The van der Waals surface area contributed by atoms with Gasteiger partial charge in [-0.15, -0.1) is 0 Å². The van der Waals surface area contributed by atoms with E-state index in [1.807, 2.05) is 0 Å². The van der Waals surface area contributed by atoms with Crippen LogP contribution in [0.2, 0.25) is 0 Å². The second kappa shape index (κ2) is 20.7. The maximum Gasteiger partial charge on any atom is 1.00 e. The molecule has 0 spiro atoms. The summed E-state index contributed by atoms with van der Waals surface area (Å²) in [7, 11) is -5.02. The number of carbonyl (C=O) groups is 2. The van der Waals surface area contributed by atoms with Gasteiger partial charge in [0.2, 0.25) is 0 Å². The fourth-order valence-electron chi connectivity index (χ4n) is 4.84. The largest absolute Gasteiger partial charge is 1.00 e. The van der Waals surface area contributed by atoms with Crippen molar-refractivity contribution in [2.75, 3.05) is 19.7 Å². The SMILES string of the molecule is [N-]=[N+]=Nc1ccc(C(=O)NCCNC(=O)COc2cc(SOO[O-])c3ccc4c(SOO[O-])cc(S(=O)(=O)[O-])c5ccc2c3c45)cc1.[Na+].[Na+].[Na+]. The molecule has 0 saturated heterocycles. The van der Waals surface area contributed by atoms with Crippen LogP contribution < -0.4 is 115 Å². The molecule has 2 N–H and O–H groups in total. The van der Waals surface area contributed by atoms with Crippen molar-refractivity contribution in [3.8, 4) is 5.75 Å². The van der Waals surface area contributed by atoms with Crippen molar-refractivity contribution in [3.05, 3.63) is 76.7 Å². The zero-order valence-electron chi connectivity index (χ0n) is 26.4. The molecule has 0 radical (unpaired) electrons. The minimum atomic E-state index is -5.02. The summed E-state index contributed by atoms with van der Waals surface area (Å²) in [5.74, 6) is -0.835. The summed E-state index contributed by atoms with van der Waals surface area (Å²) >= 11 is 0.919. The first-order valence-electron chi connectivity index (χ1n) is 13.0. The van der Waals surface area contributed by atoms with E-state index in [9.17, 15) is 33.1 Å². The molecule has 0 aliphatic rings. The van der Waals surface area contributed by atoms with E-state index in [0.29, 0.717) is 56.9 Å². The van der Waals surface area contributed by atoms with E-state index in [0.717, 1.165) is 6.07 Å². The van der Waals surface area contributed by atoms with Gasteiger partial charge in [0.05, 0.1) is 33.9 Å². The average molecular weight is 770 g/mol. The van der Waals surface area contributed by atoms with Crippen molar-refractivity contribution >= 4 is 84.0 Å². The molecule has 0 saturated carbocycles. The third-order valence-electron chi connectivity index (χ3n) is 6.70. The molecule has 23 heteroatoms. The maximum absolute atomic E-state index is 12.6. The van der Waals surface area contributed by atoms with E-state index in [-0.39, 0.29) is 128 Å². The van der Waals surface area contributed by atoms with Gasteiger partial charge in [-0.05, 0) is 52.0 Å². The van der Waals surface area contributed by atoms with E-state index < -0.39 is 33.4 Å². The predicted molar refractivity (Wildman–Crippen MR) is 160 cm³/mol. The van der Waals surface area contributed by atoms with Crippen LogP contribution >= 0.6 is 24.1 Å². The fourth-order valence-corrected chi connectivity index (χ4v) is 6.66. The van der Waals surface area contributed by atoms with Crippen LogP contribution in [0.3, 0.4) is 0 Å². The van der Waals surface area contributed by atoms with Gasteiger partial charge in [0.15, 0.2) is 6.61 Å². The normalized spacial score (nSPS) is 10.9. The van der Waals surface area contributed by atoms with Crippen LogP contribution in [0.4, 0.5) is 5.69 Å². The van der Waals surface area contributed by atoms with E-state index >= 15 is 0 Å². The van der Waals surface area contributed by atoms with Gasteiger partial charge in [-0.25, -0.2) is 8.42 Å². The van der Waals surface area contributed by atoms with Crippen LogP contribution in [-0.4, -0.2) is 44.5 Å². The first-order chi connectivity index (χ1) is 22.7. The van der Waals surface area contributed by atoms with Crippen LogP contribution in [0, 0.1) is 0 Å². The Bertz CT molecular complexity index is 2130.